The Morgan fingerprint density at radius 2 is 2.19 bits per heavy atom. The number of nitrogens with one attached hydrogen (secondary N) is 1. The first-order chi connectivity index (χ1) is 10.1. The standard InChI is InChI=1S/C16H28N2O2S/c1-4-5-8-18(9-10-19)12-15(20)17-16(13(2)3)14-7-6-11-21-14/h6-7,11,13,16,19H,4-5,8-10,12H2,1-3H3,(H,17,20). The lowest BCUT2D eigenvalue weighted by atomic mass is 10.0. The minimum Gasteiger partial charge on any atom is -0.395 e. The van der Waals surface area contributed by atoms with Gasteiger partial charge in [-0.25, -0.2) is 0 Å². The molecule has 2 N–H and O–H groups in total. The van der Waals surface area contributed by atoms with Crippen molar-refractivity contribution in [3.63, 3.8) is 0 Å². The van der Waals surface area contributed by atoms with Gasteiger partial charge in [0.2, 0.25) is 5.91 Å². The molecule has 1 aromatic heterocycles. The number of aliphatic hydroxyl groups excluding tert-OH is 1. The van der Waals surface area contributed by atoms with E-state index in [1.807, 2.05) is 16.3 Å². The fourth-order valence-corrected chi connectivity index (χ4v) is 3.20. The Morgan fingerprint density at radius 1 is 1.43 bits per heavy atom. The molecular formula is C16H28N2O2S. The van der Waals surface area contributed by atoms with E-state index >= 15 is 0 Å². The Hall–Kier alpha value is -0.910. The SMILES string of the molecule is CCCCN(CCO)CC(=O)NC(c1cccs1)C(C)C. The number of thiophene rings is 1. The summed E-state index contributed by atoms with van der Waals surface area (Å²) in [4.78, 5) is 15.5. The predicted molar refractivity (Wildman–Crippen MR) is 88.5 cm³/mol. The van der Waals surface area contributed by atoms with Crippen LogP contribution in [0.2, 0.25) is 0 Å². The number of aliphatic hydroxyl groups is 1. The number of carbonyl (C=O) groups excluding carboxylic acids is 1. The van der Waals surface area contributed by atoms with Crippen molar-refractivity contribution in [3.8, 4) is 0 Å². The summed E-state index contributed by atoms with van der Waals surface area (Å²) in [6, 6.07) is 4.15. The molecular weight excluding hydrogens is 284 g/mol. The summed E-state index contributed by atoms with van der Waals surface area (Å²) in [6.07, 6.45) is 2.14. The van der Waals surface area contributed by atoms with E-state index in [-0.39, 0.29) is 18.6 Å². The van der Waals surface area contributed by atoms with Gasteiger partial charge in [0.25, 0.3) is 0 Å². The number of unbranched alkanes of at least 4 members (excludes halogenated alkanes) is 1. The molecule has 0 saturated heterocycles. The monoisotopic (exact) mass is 312 g/mol. The highest BCUT2D eigenvalue weighted by Crippen LogP contribution is 2.25. The number of hydrogen-bond acceptors (Lipinski definition) is 4. The molecule has 120 valence electrons. The molecule has 0 aliphatic rings. The summed E-state index contributed by atoms with van der Waals surface area (Å²) in [6.45, 7) is 8.22. The van der Waals surface area contributed by atoms with Crippen LogP contribution in [0.3, 0.4) is 0 Å². The van der Waals surface area contributed by atoms with Crippen molar-refractivity contribution in [2.75, 3.05) is 26.2 Å². The molecule has 0 spiro atoms. The molecule has 0 saturated carbocycles. The molecule has 1 heterocycles. The quantitative estimate of drug-likeness (QED) is 0.698. The minimum absolute atomic E-state index is 0.0339. The second-order valence-electron chi connectivity index (χ2n) is 5.66. The van der Waals surface area contributed by atoms with Crippen LogP contribution in [0.4, 0.5) is 0 Å². The van der Waals surface area contributed by atoms with Crippen molar-refractivity contribution < 1.29 is 9.90 Å². The summed E-state index contributed by atoms with van der Waals surface area (Å²) in [5, 5.41) is 14.3. The zero-order valence-corrected chi connectivity index (χ0v) is 14.2. The second kappa shape index (κ2) is 9.92. The van der Waals surface area contributed by atoms with Crippen LogP contribution in [0, 0.1) is 5.92 Å². The van der Waals surface area contributed by atoms with Gasteiger partial charge in [-0.3, -0.25) is 9.69 Å². The van der Waals surface area contributed by atoms with Gasteiger partial charge in [-0.15, -0.1) is 11.3 Å². The maximum Gasteiger partial charge on any atom is 0.234 e. The Morgan fingerprint density at radius 3 is 2.71 bits per heavy atom. The lowest BCUT2D eigenvalue weighted by Crippen LogP contribution is -2.41. The van der Waals surface area contributed by atoms with Crippen LogP contribution >= 0.6 is 11.3 Å². The molecule has 0 bridgehead atoms. The van der Waals surface area contributed by atoms with Crippen LogP contribution in [0.1, 0.15) is 44.5 Å². The third kappa shape index (κ3) is 6.59. The van der Waals surface area contributed by atoms with E-state index < -0.39 is 0 Å². The highest BCUT2D eigenvalue weighted by atomic mass is 32.1. The largest absolute Gasteiger partial charge is 0.395 e. The maximum absolute atomic E-state index is 12.3. The molecule has 0 aliphatic heterocycles. The summed E-state index contributed by atoms with van der Waals surface area (Å²) in [5.74, 6) is 0.390. The van der Waals surface area contributed by atoms with Gasteiger partial charge in [-0.2, -0.15) is 0 Å². The van der Waals surface area contributed by atoms with Crippen molar-refractivity contribution in [1.29, 1.82) is 0 Å². The number of rotatable bonds is 10. The second-order valence-corrected chi connectivity index (χ2v) is 6.64. The molecule has 21 heavy (non-hydrogen) atoms. The Kier molecular flexibility index (Phi) is 8.57. The molecule has 5 heteroatoms. The fraction of sp³-hybridized carbons (Fsp3) is 0.688. The van der Waals surface area contributed by atoms with Gasteiger partial charge in [0.1, 0.15) is 0 Å². The van der Waals surface area contributed by atoms with Gasteiger partial charge in [-0.1, -0.05) is 33.3 Å². The summed E-state index contributed by atoms with van der Waals surface area (Å²) < 4.78 is 0. The van der Waals surface area contributed by atoms with Gasteiger partial charge in [-0.05, 0) is 30.3 Å². The van der Waals surface area contributed by atoms with Crippen LogP contribution < -0.4 is 5.32 Å². The first kappa shape index (κ1) is 18.1. The first-order valence-electron chi connectivity index (χ1n) is 7.74. The Bertz CT molecular complexity index is 393. The van der Waals surface area contributed by atoms with E-state index in [1.165, 1.54) is 4.88 Å². The van der Waals surface area contributed by atoms with Crippen LogP contribution in [0.15, 0.2) is 17.5 Å². The normalized spacial score (nSPS) is 12.9. The lowest BCUT2D eigenvalue weighted by molar-refractivity contribution is -0.123. The van der Waals surface area contributed by atoms with E-state index in [0.717, 1.165) is 19.4 Å². The molecule has 0 radical (unpaired) electrons. The molecule has 4 nitrogen and oxygen atoms in total. The van der Waals surface area contributed by atoms with Gasteiger partial charge < -0.3 is 10.4 Å². The molecule has 1 amide bonds. The first-order valence-corrected chi connectivity index (χ1v) is 8.62. The number of amides is 1. The Labute approximate surface area is 132 Å². The van der Waals surface area contributed by atoms with E-state index in [4.69, 9.17) is 5.11 Å². The molecule has 0 aliphatic carbocycles. The maximum atomic E-state index is 12.3. The average Bonchev–Trinajstić information content (AvgIpc) is 2.96. The molecule has 1 aromatic rings. The van der Waals surface area contributed by atoms with Crippen molar-refractivity contribution >= 4 is 17.2 Å². The fourth-order valence-electron chi connectivity index (χ4n) is 2.25. The van der Waals surface area contributed by atoms with Gasteiger partial charge in [0, 0.05) is 11.4 Å². The van der Waals surface area contributed by atoms with Gasteiger partial charge in [0.05, 0.1) is 19.2 Å². The van der Waals surface area contributed by atoms with E-state index in [2.05, 4.69) is 32.2 Å². The van der Waals surface area contributed by atoms with Crippen molar-refractivity contribution in [3.05, 3.63) is 22.4 Å². The van der Waals surface area contributed by atoms with Gasteiger partial charge in [0.15, 0.2) is 0 Å². The number of nitrogens with zero attached hydrogens (tertiary/aromatic N) is 1. The number of carbonyl (C=O) groups is 1. The third-order valence-corrected chi connectivity index (χ3v) is 4.40. The van der Waals surface area contributed by atoms with E-state index in [1.54, 1.807) is 11.3 Å². The number of hydrogen-bond donors (Lipinski definition) is 2. The highest BCUT2D eigenvalue weighted by Gasteiger charge is 2.20. The lowest BCUT2D eigenvalue weighted by Gasteiger charge is -2.25. The molecule has 1 rings (SSSR count). The smallest absolute Gasteiger partial charge is 0.234 e. The predicted octanol–water partition coefficient (Wildman–Crippen LogP) is 2.66. The van der Waals surface area contributed by atoms with Crippen LogP contribution in [-0.4, -0.2) is 42.2 Å². The summed E-state index contributed by atoms with van der Waals surface area (Å²) in [7, 11) is 0. The Balaban J connectivity index is 2.56. The van der Waals surface area contributed by atoms with Crippen molar-refractivity contribution in [1.82, 2.24) is 10.2 Å². The van der Waals surface area contributed by atoms with Gasteiger partial charge >= 0.3 is 0 Å². The zero-order chi connectivity index (χ0) is 15.7. The topological polar surface area (TPSA) is 52.6 Å². The molecule has 1 atom stereocenters. The average molecular weight is 312 g/mol. The molecule has 0 aromatic carbocycles. The third-order valence-electron chi connectivity index (χ3n) is 3.44. The van der Waals surface area contributed by atoms with E-state index in [9.17, 15) is 4.79 Å². The van der Waals surface area contributed by atoms with Crippen LogP contribution in [0.25, 0.3) is 0 Å². The zero-order valence-electron chi connectivity index (χ0n) is 13.3. The van der Waals surface area contributed by atoms with Crippen LogP contribution in [0.5, 0.6) is 0 Å². The molecule has 1 unspecified atom stereocenters. The molecule has 0 fully saturated rings. The van der Waals surface area contributed by atoms with Crippen molar-refractivity contribution in [2.24, 2.45) is 5.92 Å². The van der Waals surface area contributed by atoms with Crippen molar-refractivity contribution in [2.45, 2.75) is 39.7 Å². The minimum atomic E-state index is 0.0339. The van der Waals surface area contributed by atoms with E-state index in [0.29, 0.717) is 19.0 Å². The summed E-state index contributed by atoms with van der Waals surface area (Å²) in [5.41, 5.74) is 0. The van der Waals surface area contributed by atoms with Crippen LogP contribution in [-0.2, 0) is 4.79 Å². The highest BCUT2D eigenvalue weighted by molar-refractivity contribution is 7.10. The summed E-state index contributed by atoms with van der Waals surface area (Å²) >= 11 is 1.68.